The lowest BCUT2D eigenvalue weighted by Crippen LogP contribution is -2.18. The summed E-state index contributed by atoms with van der Waals surface area (Å²) in [4.78, 5) is 8.73. The molecule has 0 amide bonds. The fraction of sp³-hybridized carbons (Fsp3) is 0.600. The van der Waals surface area contributed by atoms with Gasteiger partial charge in [-0.3, -0.25) is 9.97 Å². The summed E-state index contributed by atoms with van der Waals surface area (Å²) in [6.07, 6.45) is 5.95. The van der Waals surface area contributed by atoms with Gasteiger partial charge in [0.05, 0.1) is 11.4 Å². The summed E-state index contributed by atoms with van der Waals surface area (Å²) in [5.41, 5.74) is 2.43. The van der Waals surface area contributed by atoms with Crippen molar-refractivity contribution in [2.75, 3.05) is 0 Å². The third-order valence-corrected chi connectivity index (χ3v) is 2.93. The molecule has 0 spiro atoms. The van der Waals surface area contributed by atoms with E-state index in [1.807, 2.05) is 0 Å². The van der Waals surface area contributed by atoms with E-state index in [9.17, 15) is 0 Å². The molecule has 1 aromatic heterocycles. The maximum absolute atomic E-state index is 4.39. The van der Waals surface area contributed by atoms with Crippen LogP contribution in [0.25, 0.3) is 0 Å². The minimum absolute atomic E-state index is 0.586. The largest absolute Gasteiger partial charge is 0.258 e. The lowest BCUT2D eigenvalue weighted by molar-refractivity contribution is 0.411. The molecule has 1 aromatic rings. The van der Waals surface area contributed by atoms with Crippen molar-refractivity contribution in [3.63, 3.8) is 0 Å². The van der Waals surface area contributed by atoms with Crippen LogP contribution in [0.15, 0.2) is 12.4 Å². The first-order chi connectivity index (χ1) is 5.79. The van der Waals surface area contributed by atoms with Crippen molar-refractivity contribution in [1.29, 1.82) is 0 Å². The Balaban J connectivity index is 2.42. The Kier molecular flexibility index (Phi) is 1.83. The van der Waals surface area contributed by atoms with Gasteiger partial charge in [-0.2, -0.15) is 0 Å². The highest BCUT2D eigenvalue weighted by Gasteiger charge is 2.24. The topological polar surface area (TPSA) is 25.8 Å². The molecule has 0 aliphatic heterocycles. The number of aryl methyl sites for hydroxylation is 1. The van der Waals surface area contributed by atoms with E-state index in [4.69, 9.17) is 0 Å². The Morgan fingerprint density at radius 1 is 1.25 bits per heavy atom. The summed E-state index contributed by atoms with van der Waals surface area (Å²) in [5.74, 6) is 1.34. The molecule has 1 heterocycles. The highest BCUT2D eigenvalue weighted by molar-refractivity contribution is 5.19. The fourth-order valence-electron chi connectivity index (χ4n) is 1.83. The van der Waals surface area contributed by atoms with Crippen LogP contribution >= 0.6 is 0 Å². The number of nitrogens with zero attached hydrogens (tertiary/aromatic N) is 2. The van der Waals surface area contributed by atoms with E-state index in [1.165, 1.54) is 17.8 Å². The van der Waals surface area contributed by atoms with Crippen LogP contribution in [-0.2, 0) is 6.42 Å². The van der Waals surface area contributed by atoms with E-state index < -0.39 is 0 Å². The van der Waals surface area contributed by atoms with Gasteiger partial charge in [-0.05, 0) is 18.8 Å². The van der Waals surface area contributed by atoms with Crippen molar-refractivity contribution < 1.29 is 0 Å². The molecule has 2 atom stereocenters. The Bertz CT molecular complexity index is 283. The monoisotopic (exact) mass is 162 g/mol. The molecule has 0 N–H and O–H groups in total. The second-order valence-corrected chi connectivity index (χ2v) is 3.69. The number of hydrogen-bond acceptors (Lipinski definition) is 2. The molecule has 0 saturated heterocycles. The summed E-state index contributed by atoms with van der Waals surface area (Å²) < 4.78 is 0. The van der Waals surface area contributed by atoms with Gasteiger partial charge in [0.2, 0.25) is 0 Å². The van der Waals surface area contributed by atoms with Gasteiger partial charge >= 0.3 is 0 Å². The summed E-state index contributed by atoms with van der Waals surface area (Å²) >= 11 is 0. The average Bonchev–Trinajstić information content (AvgIpc) is 2.12. The van der Waals surface area contributed by atoms with Crippen LogP contribution in [-0.4, -0.2) is 9.97 Å². The van der Waals surface area contributed by atoms with Crippen LogP contribution < -0.4 is 0 Å². The first kappa shape index (κ1) is 7.71. The zero-order chi connectivity index (χ0) is 8.55. The van der Waals surface area contributed by atoms with Gasteiger partial charge in [0.1, 0.15) is 0 Å². The van der Waals surface area contributed by atoms with Crippen LogP contribution in [0.3, 0.4) is 0 Å². The SMILES string of the molecule is C[C@@H]1c2nccnc2CC[C@@H]1C. The molecule has 2 nitrogen and oxygen atoms in total. The maximum Gasteiger partial charge on any atom is 0.0649 e. The molecule has 0 unspecified atom stereocenters. The van der Waals surface area contributed by atoms with Crippen molar-refractivity contribution in [3.8, 4) is 0 Å². The van der Waals surface area contributed by atoms with Gasteiger partial charge in [-0.15, -0.1) is 0 Å². The van der Waals surface area contributed by atoms with Crippen LogP contribution in [0.4, 0.5) is 0 Å². The minimum Gasteiger partial charge on any atom is -0.258 e. The van der Waals surface area contributed by atoms with E-state index >= 15 is 0 Å². The van der Waals surface area contributed by atoms with Gasteiger partial charge in [-0.1, -0.05) is 13.8 Å². The number of hydrogen-bond donors (Lipinski definition) is 0. The molecule has 0 saturated carbocycles. The molecule has 1 aliphatic carbocycles. The Morgan fingerprint density at radius 3 is 2.83 bits per heavy atom. The highest BCUT2D eigenvalue weighted by Crippen LogP contribution is 2.32. The zero-order valence-electron chi connectivity index (χ0n) is 7.62. The predicted molar refractivity (Wildman–Crippen MR) is 47.9 cm³/mol. The molecule has 12 heavy (non-hydrogen) atoms. The Hall–Kier alpha value is -0.920. The Morgan fingerprint density at radius 2 is 2.00 bits per heavy atom. The third-order valence-electron chi connectivity index (χ3n) is 2.93. The summed E-state index contributed by atoms with van der Waals surface area (Å²) in [7, 11) is 0. The minimum atomic E-state index is 0.586. The van der Waals surface area contributed by atoms with E-state index in [0.29, 0.717) is 5.92 Å². The standard InChI is InChI=1S/C10H14N2/c1-7-3-4-9-10(8(7)2)12-6-5-11-9/h5-8H,3-4H2,1-2H3/t7-,8-/m0/s1. The quantitative estimate of drug-likeness (QED) is 0.584. The van der Waals surface area contributed by atoms with Crippen LogP contribution in [0.2, 0.25) is 0 Å². The molecule has 64 valence electrons. The first-order valence-electron chi connectivity index (χ1n) is 4.59. The van der Waals surface area contributed by atoms with Crippen molar-refractivity contribution >= 4 is 0 Å². The third kappa shape index (κ3) is 1.11. The lowest BCUT2D eigenvalue weighted by Gasteiger charge is -2.26. The van der Waals surface area contributed by atoms with E-state index in [2.05, 4.69) is 23.8 Å². The number of fused-ring (bicyclic) bond motifs is 1. The van der Waals surface area contributed by atoms with Crippen LogP contribution in [0.5, 0.6) is 0 Å². The molecule has 0 fully saturated rings. The second-order valence-electron chi connectivity index (χ2n) is 3.69. The van der Waals surface area contributed by atoms with Crippen LogP contribution in [0, 0.1) is 5.92 Å². The maximum atomic E-state index is 4.39. The molecule has 0 radical (unpaired) electrons. The van der Waals surface area contributed by atoms with Gasteiger partial charge in [0.25, 0.3) is 0 Å². The first-order valence-corrected chi connectivity index (χ1v) is 4.59. The summed E-state index contributed by atoms with van der Waals surface area (Å²) in [6.45, 7) is 4.54. The van der Waals surface area contributed by atoms with E-state index in [-0.39, 0.29) is 0 Å². The summed E-state index contributed by atoms with van der Waals surface area (Å²) in [5, 5.41) is 0. The molecule has 2 rings (SSSR count). The smallest absolute Gasteiger partial charge is 0.0649 e. The normalized spacial score (nSPS) is 28.2. The molecular formula is C10H14N2. The average molecular weight is 162 g/mol. The Labute approximate surface area is 73.1 Å². The van der Waals surface area contributed by atoms with Gasteiger partial charge in [0.15, 0.2) is 0 Å². The van der Waals surface area contributed by atoms with Crippen molar-refractivity contribution in [2.45, 2.75) is 32.6 Å². The summed E-state index contributed by atoms with van der Waals surface area (Å²) in [6, 6.07) is 0. The van der Waals surface area contributed by atoms with Crippen molar-refractivity contribution in [1.82, 2.24) is 9.97 Å². The lowest BCUT2D eigenvalue weighted by atomic mass is 9.82. The second kappa shape index (κ2) is 2.85. The van der Waals surface area contributed by atoms with E-state index in [1.54, 1.807) is 12.4 Å². The molecule has 0 aromatic carbocycles. The van der Waals surface area contributed by atoms with Gasteiger partial charge in [0, 0.05) is 18.3 Å². The molecule has 0 bridgehead atoms. The molecule has 2 heteroatoms. The van der Waals surface area contributed by atoms with Crippen LogP contribution in [0.1, 0.15) is 37.6 Å². The van der Waals surface area contributed by atoms with Crippen molar-refractivity contribution in [2.24, 2.45) is 5.92 Å². The zero-order valence-corrected chi connectivity index (χ0v) is 7.62. The van der Waals surface area contributed by atoms with Gasteiger partial charge in [-0.25, -0.2) is 0 Å². The van der Waals surface area contributed by atoms with Gasteiger partial charge < -0.3 is 0 Å². The molecular weight excluding hydrogens is 148 g/mol. The highest BCUT2D eigenvalue weighted by atomic mass is 14.8. The van der Waals surface area contributed by atoms with E-state index in [0.717, 1.165) is 12.3 Å². The van der Waals surface area contributed by atoms with Crippen molar-refractivity contribution in [3.05, 3.63) is 23.8 Å². The number of aromatic nitrogens is 2. The molecule has 1 aliphatic rings. The fourth-order valence-corrected chi connectivity index (χ4v) is 1.83. The number of rotatable bonds is 0. The predicted octanol–water partition coefficient (Wildman–Crippen LogP) is 2.16.